The third-order valence-corrected chi connectivity index (χ3v) is 4.25. The highest BCUT2D eigenvalue weighted by molar-refractivity contribution is 9.10. The average Bonchev–Trinajstić information content (AvgIpc) is 2.48. The molecule has 20 heavy (non-hydrogen) atoms. The smallest absolute Gasteiger partial charge is 0.216 e. The monoisotopic (exact) mass is 355 g/mol. The summed E-state index contributed by atoms with van der Waals surface area (Å²) in [5.74, 6) is 0.568. The van der Waals surface area contributed by atoms with Gasteiger partial charge in [0.05, 0.1) is 12.1 Å². The zero-order valence-corrected chi connectivity index (χ0v) is 13.6. The highest BCUT2D eigenvalue weighted by Gasteiger charge is 2.13. The predicted octanol–water partition coefficient (Wildman–Crippen LogP) is 3.40. The van der Waals surface area contributed by atoms with Crippen LogP contribution in [0.25, 0.3) is 0 Å². The Hall–Kier alpha value is -1.17. The first kappa shape index (κ1) is 15.2. The molecule has 0 aliphatic carbocycles. The molecule has 0 amide bonds. The van der Waals surface area contributed by atoms with Gasteiger partial charge < -0.3 is 10.1 Å². The number of hydrogen-bond donors (Lipinski definition) is 1. The molecule has 2 rings (SSSR count). The van der Waals surface area contributed by atoms with Crippen LogP contribution >= 0.6 is 27.5 Å². The molecule has 1 aromatic carbocycles. The summed E-state index contributed by atoms with van der Waals surface area (Å²) < 4.78 is 6.00. The van der Waals surface area contributed by atoms with Crippen molar-refractivity contribution in [3.8, 4) is 5.88 Å². The summed E-state index contributed by atoms with van der Waals surface area (Å²) >= 11 is 9.54. The zero-order valence-electron chi connectivity index (χ0n) is 11.2. The van der Waals surface area contributed by atoms with Crippen LogP contribution in [0.4, 0.5) is 0 Å². The number of aromatic nitrogens is 2. The number of methoxy groups -OCH3 is 1. The SMILES string of the molecule is CNC(Cc1cc(OC)ncn1)c1ccc(Br)c(Cl)c1. The highest BCUT2D eigenvalue weighted by atomic mass is 79.9. The van der Waals surface area contributed by atoms with E-state index >= 15 is 0 Å². The van der Waals surface area contributed by atoms with E-state index in [1.807, 2.05) is 31.3 Å². The van der Waals surface area contributed by atoms with Crippen molar-refractivity contribution < 1.29 is 4.74 Å². The van der Waals surface area contributed by atoms with E-state index in [4.69, 9.17) is 16.3 Å². The Balaban J connectivity index is 2.21. The standard InChI is InChI=1S/C14H15BrClN3O/c1-17-13(9-3-4-11(15)12(16)5-9)6-10-7-14(20-2)19-8-18-10/h3-5,7-8,13,17H,6H2,1-2H3. The molecule has 0 saturated heterocycles. The van der Waals surface area contributed by atoms with Gasteiger partial charge in [0, 0.05) is 28.7 Å². The maximum atomic E-state index is 6.15. The quantitative estimate of drug-likeness (QED) is 0.892. The van der Waals surface area contributed by atoms with Crippen LogP contribution in [0.1, 0.15) is 17.3 Å². The largest absolute Gasteiger partial charge is 0.481 e. The fraction of sp³-hybridized carbons (Fsp3) is 0.286. The van der Waals surface area contributed by atoms with Crippen LogP contribution in [-0.2, 0) is 6.42 Å². The summed E-state index contributed by atoms with van der Waals surface area (Å²) in [4.78, 5) is 8.28. The number of halogens is 2. The maximum Gasteiger partial charge on any atom is 0.216 e. The Morgan fingerprint density at radius 3 is 2.80 bits per heavy atom. The number of ether oxygens (including phenoxy) is 1. The Morgan fingerprint density at radius 2 is 2.15 bits per heavy atom. The van der Waals surface area contributed by atoms with E-state index < -0.39 is 0 Å². The van der Waals surface area contributed by atoms with Crippen LogP contribution in [0.3, 0.4) is 0 Å². The van der Waals surface area contributed by atoms with Crippen LogP contribution < -0.4 is 10.1 Å². The van der Waals surface area contributed by atoms with Gasteiger partial charge in [0.25, 0.3) is 0 Å². The summed E-state index contributed by atoms with van der Waals surface area (Å²) in [6.45, 7) is 0. The van der Waals surface area contributed by atoms with Crippen molar-refractivity contribution in [3.05, 3.63) is 51.3 Å². The molecule has 0 fully saturated rings. The minimum absolute atomic E-state index is 0.125. The second-order valence-electron chi connectivity index (χ2n) is 4.27. The van der Waals surface area contributed by atoms with E-state index in [1.165, 1.54) is 6.33 Å². The fourth-order valence-corrected chi connectivity index (χ4v) is 2.36. The molecule has 1 unspecified atom stereocenters. The lowest BCUT2D eigenvalue weighted by molar-refractivity contribution is 0.395. The Morgan fingerprint density at radius 1 is 1.35 bits per heavy atom. The van der Waals surface area contributed by atoms with Crippen molar-refractivity contribution in [2.24, 2.45) is 0 Å². The lowest BCUT2D eigenvalue weighted by Crippen LogP contribution is -2.19. The maximum absolute atomic E-state index is 6.15. The van der Waals surface area contributed by atoms with Gasteiger partial charge in [-0.05, 0) is 40.7 Å². The lowest BCUT2D eigenvalue weighted by Gasteiger charge is -2.17. The van der Waals surface area contributed by atoms with Crippen molar-refractivity contribution in [1.82, 2.24) is 15.3 Å². The Bertz CT molecular complexity index is 594. The van der Waals surface area contributed by atoms with Crippen molar-refractivity contribution in [1.29, 1.82) is 0 Å². The molecule has 6 heteroatoms. The molecule has 0 saturated carbocycles. The number of rotatable bonds is 5. The molecule has 2 aromatic rings. The molecule has 0 bridgehead atoms. The van der Waals surface area contributed by atoms with Crippen molar-refractivity contribution >= 4 is 27.5 Å². The van der Waals surface area contributed by atoms with Crippen LogP contribution in [0.5, 0.6) is 5.88 Å². The Labute approximate surface area is 131 Å². The number of likely N-dealkylation sites (N-methyl/N-ethyl adjacent to an activating group) is 1. The van der Waals surface area contributed by atoms with Gasteiger partial charge in [-0.25, -0.2) is 9.97 Å². The second-order valence-corrected chi connectivity index (χ2v) is 5.53. The molecule has 0 spiro atoms. The molecule has 1 heterocycles. The first-order chi connectivity index (χ1) is 9.63. The van der Waals surface area contributed by atoms with E-state index in [1.54, 1.807) is 7.11 Å². The molecular formula is C14H15BrClN3O. The lowest BCUT2D eigenvalue weighted by atomic mass is 10.0. The highest BCUT2D eigenvalue weighted by Crippen LogP contribution is 2.27. The summed E-state index contributed by atoms with van der Waals surface area (Å²) in [5, 5.41) is 3.97. The van der Waals surface area contributed by atoms with Gasteiger partial charge in [0.15, 0.2) is 0 Å². The van der Waals surface area contributed by atoms with Crippen molar-refractivity contribution in [2.45, 2.75) is 12.5 Å². The molecular weight excluding hydrogens is 342 g/mol. The number of nitrogens with one attached hydrogen (secondary N) is 1. The number of hydrogen-bond acceptors (Lipinski definition) is 4. The topological polar surface area (TPSA) is 47.0 Å². The summed E-state index contributed by atoms with van der Waals surface area (Å²) in [6, 6.07) is 7.90. The molecule has 0 radical (unpaired) electrons. The minimum Gasteiger partial charge on any atom is -0.481 e. The van der Waals surface area contributed by atoms with E-state index in [9.17, 15) is 0 Å². The van der Waals surface area contributed by atoms with Gasteiger partial charge in [-0.15, -0.1) is 0 Å². The van der Waals surface area contributed by atoms with E-state index in [0.717, 1.165) is 22.2 Å². The van der Waals surface area contributed by atoms with Gasteiger partial charge in [-0.3, -0.25) is 0 Å². The molecule has 1 aromatic heterocycles. The summed E-state index contributed by atoms with van der Waals surface area (Å²) in [6.07, 6.45) is 2.24. The summed E-state index contributed by atoms with van der Waals surface area (Å²) in [7, 11) is 3.51. The minimum atomic E-state index is 0.125. The number of benzene rings is 1. The van der Waals surface area contributed by atoms with Gasteiger partial charge in [0.2, 0.25) is 5.88 Å². The van der Waals surface area contributed by atoms with E-state index in [-0.39, 0.29) is 6.04 Å². The third-order valence-electron chi connectivity index (χ3n) is 3.02. The van der Waals surface area contributed by atoms with Crippen LogP contribution in [-0.4, -0.2) is 24.1 Å². The molecule has 1 N–H and O–H groups in total. The first-order valence-corrected chi connectivity index (χ1v) is 7.28. The van der Waals surface area contributed by atoms with Gasteiger partial charge >= 0.3 is 0 Å². The first-order valence-electron chi connectivity index (χ1n) is 6.11. The zero-order chi connectivity index (χ0) is 14.5. The number of nitrogens with zero attached hydrogens (tertiary/aromatic N) is 2. The third kappa shape index (κ3) is 3.69. The second kappa shape index (κ2) is 7.02. The van der Waals surface area contributed by atoms with Crippen LogP contribution in [0.15, 0.2) is 35.1 Å². The van der Waals surface area contributed by atoms with Crippen LogP contribution in [0.2, 0.25) is 5.02 Å². The van der Waals surface area contributed by atoms with Crippen molar-refractivity contribution in [3.63, 3.8) is 0 Å². The molecule has 0 aliphatic rings. The average molecular weight is 357 g/mol. The van der Waals surface area contributed by atoms with E-state index in [0.29, 0.717) is 10.9 Å². The van der Waals surface area contributed by atoms with Crippen molar-refractivity contribution in [2.75, 3.05) is 14.2 Å². The molecule has 4 nitrogen and oxygen atoms in total. The normalized spacial score (nSPS) is 12.2. The predicted molar refractivity (Wildman–Crippen MR) is 83.2 cm³/mol. The molecule has 106 valence electrons. The van der Waals surface area contributed by atoms with Crippen LogP contribution in [0, 0.1) is 0 Å². The fourth-order valence-electron chi connectivity index (χ4n) is 1.93. The van der Waals surface area contributed by atoms with E-state index in [2.05, 4.69) is 31.2 Å². The van der Waals surface area contributed by atoms with Gasteiger partial charge in [-0.1, -0.05) is 17.7 Å². The van der Waals surface area contributed by atoms with Gasteiger partial charge in [0.1, 0.15) is 6.33 Å². The Kier molecular flexibility index (Phi) is 5.34. The summed E-state index contributed by atoms with van der Waals surface area (Å²) in [5.41, 5.74) is 2.02. The molecule has 1 atom stereocenters. The van der Waals surface area contributed by atoms with Gasteiger partial charge in [-0.2, -0.15) is 0 Å². The molecule has 0 aliphatic heterocycles.